The predicted molar refractivity (Wildman–Crippen MR) is 86.7 cm³/mol. The Kier molecular flexibility index (Phi) is 4.46. The smallest absolute Gasteiger partial charge is 0.240 e. The maximum Gasteiger partial charge on any atom is 0.240 e. The van der Waals surface area contributed by atoms with Gasteiger partial charge in [-0.1, -0.05) is 38.0 Å². The van der Waals surface area contributed by atoms with Gasteiger partial charge in [0.15, 0.2) is 0 Å². The van der Waals surface area contributed by atoms with E-state index in [9.17, 15) is 9.59 Å². The van der Waals surface area contributed by atoms with Crippen molar-refractivity contribution in [2.45, 2.75) is 51.5 Å². The van der Waals surface area contributed by atoms with Gasteiger partial charge in [-0.3, -0.25) is 9.59 Å². The number of hydrogen-bond acceptors (Lipinski definition) is 2. The van der Waals surface area contributed by atoms with Crippen LogP contribution in [0.15, 0.2) is 24.3 Å². The largest absolute Gasteiger partial charge is 0.352 e. The van der Waals surface area contributed by atoms with E-state index in [1.54, 1.807) is 4.90 Å². The highest BCUT2D eigenvalue weighted by molar-refractivity contribution is 6.01. The van der Waals surface area contributed by atoms with Crippen molar-refractivity contribution >= 4 is 17.5 Å². The Morgan fingerprint density at radius 2 is 2.00 bits per heavy atom. The lowest BCUT2D eigenvalue weighted by atomic mass is 9.86. The zero-order valence-corrected chi connectivity index (χ0v) is 13.2. The Balaban J connectivity index is 1.67. The number of fused-ring (bicyclic) bond motifs is 1. The van der Waals surface area contributed by atoms with E-state index in [4.69, 9.17) is 0 Å². The van der Waals surface area contributed by atoms with Crippen LogP contribution in [0.25, 0.3) is 0 Å². The normalized spacial score (nSPS) is 24.8. The number of benzene rings is 1. The summed E-state index contributed by atoms with van der Waals surface area (Å²) in [4.78, 5) is 26.2. The van der Waals surface area contributed by atoms with Crippen LogP contribution in [0, 0.1) is 5.92 Å². The fourth-order valence-electron chi connectivity index (χ4n) is 3.60. The molecule has 3 rings (SSSR count). The molecule has 2 atom stereocenters. The first-order valence-corrected chi connectivity index (χ1v) is 8.33. The van der Waals surface area contributed by atoms with Crippen LogP contribution in [0.5, 0.6) is 0 Å². The molecule has 1 aromatic rings. The van der Waals surface area contributed by atoms with Crippen molar-refractivity contribution < 1.29 is 9.59 Å². The number of aryl methyl sites for hydroxylation is 1. The molecular weight excluding hydrogens is 276 g/mol. The standard InChI is InChI=1S/C18H24N2O2/c1-13-6-2-4-8-15(13)19-17(21)12-20-16-9-5-3-7-14(16)10-11-18(20)22/h3,5,7,9,13,15H,2,4,6,8,10-12H2,1H3,(H,19,21). The Morgan fingerprint density at radius 3 is 2.82 bits per heavy atom. The van der Waals surface area contributed by atoms with Gasteiger partial charge in [0.25, 0.3) is 0 Å². The van der Waals surface area contributed by atoms with Gasteiger partial charge in [-0.05, 0) is 36.8 Å². The quantitative estimate of drug-likeness (QED) is 0.933. The van der Waals surface area contributed by atoms with Crippen molar-refractivity contribution in [3.63, 3.8) is 0 Å². The molecule has 1 aliphatic carbocycles. The number of anilines is 1. The molecule has 0 aromatic heterocycles. The summed E-state index contributed by atoms with van der Waals surface area (Å²) in [5, 5.41) is 3.13. The molecule has 0 radical (unpaired) electrons. The molecule has 1 aromatic carbocycles. The second kappa shape index (κ2) is 6.51. The van der Waals surface area contributed by atoms with Gasteiger partial charge in [0.1, 0.15) is 6.54 Å². The first kappa shape index (κ1) is 15.1. The number of rotatable bonds is 3. The molecule has 0 spiro atoms. The number of carbonyl (C=O) groups excluding carboxylic acids is 2. The number of hydrogen-bond donors (Lipinski definition) is 1. The third kappa shape index (κ3) is 3.16. The molecule has 1 aliphatic heterocycles. The van der Waals surface area contributed by atoms with E-state index in [1.165, 1.54) is 19.3 Å². The molecule has 2 aliphatic rings. The first-order chi connectivity index (χ1) is 10.6. The average molecular weight is 300 g/mol. The van der Waals surface area contributed by atoms with E-state index < -0.39 is 0 Å². The zero-order chi connectivity index (χ0) is 15.5. The average Bonchev–Trinajstić information content (AvgIpc) is 2.52. The van der Waals surface area contributed by atoms with Crippen LogP contribution in [0.1, 0.15) is 44.6 Å². The fraction of sp³-hybridized carbons (Fsp3) is 0.556. The molecule has 0 saturated heterocycles. The number of amides is 2. The van der Waals surface area contributed by atoms with Crippen LogP contribution in [-0.2, 0) is 16.0 Å². The maximum atomic E-state index is 12.4. The van der Waals surface area contributed by atoms with E-state index in [1.807, 2.05) is 24.3 Å². The summed E-state index contributed by atoms with van der Waals surface area (Å²) in [6.07, 6.45) is 5.93. The summed E-state index contributed by atoms with van der Waals surface area (Å²) in [7, 11) is 0. The molecule has 1 fully saturated rings. The number of nitrogens with zero attached hydrogens (tertiary/aromatic N) is 1. The van der Waals surface area contributed by atoms with Crippen molar-refractivity contribution in [3.05, 3.63) is 29.8 Å². The molecule has 1 heterocycles. The van der Waals surface area contributed by atoms with Crippen molar-refractivity contribution in [1.82, 2.24) is 5.32 Å². The van der Waals surface area contributed by atoms with Crippen LogP contribution in [0.3, 0.4) is 0 Å². The number of nitrogens with one attached hydrogen (secondary N) is 1. The first-order valence-electron chi connectivity index (χ1n) is 8.33. The van der Waals surface area contributed by atoms with Crippen molar-refractivity contribution in [3.8, 4) is 0 Å². The maximum absolute atomic E-state index is 12.4. The molecule has 22 heavy (non-hydrogen) atoms. The van der Waals surface area contributed by atoms with Crippen LogP contribution in [0.4, 0.5) is 5.69 Å². The summed E-state index contributed by atoms with van der Waals surface area (Å²) in [5.41, 5.74) is 2.05. The minimum atomic E-state index is -0.0381. The number of para-hydroxylation sites is 1. The van der Waals surface area contributed by atoms with E-state index in [-0.39, 0.29) is 24.4 Å². The summed E-state index contributed by atoms with van der Waals surface area (Å²) in [6, 6.07) is 8.14. The van der Waals surface area contributed by atoms with Crippen molar-refractivity contribution in [2.24, 2.45) is 5.92 Å². The van der Waals surface area contributed by atoms with Crippen LogP contribution < -0.4 is 10.2 Å². The molecule has 118 valence electrons. The summed E-state index contributed by atoms with van der Waals surface area (Å²) >= 11 is 0. The van der Waals surface area contributed by atoms with Gasteiger partial charge in [0.2, 0.25) is 11.8 Å². The Labute approximate surface area is 131 Å². The van der Waals surface area contributed by atoms with E-state index in [0.29, 0.717) is 12.3 Å². The van der Waals surface area contributed by atoms with Gasteiger partial charge in [0.05, 0.1) is 0 Å². The van der Waals surface area contributed by atoms with Crippen LogP contribution in [-0.4, -0.2) is 24.4 Å². The molecule has 1 N–H and O–H groups in total. The molecule has 0 bridgehead atoms. The zero-order valence-electron chi connectivity index (χ0n) is 13.2. The van der Waals surface area contributed by atoms with Crippen molar-refractivity contribution in [2.75, 3.05) is 11.4 Å². The fourth-order valence-corrected chi connectivity index (χ4v) is 3.60. The second-order valence-electron chi connectivity index (χ2n) is 6.54. The molecule has 2 amide bonds. The van der Waals surface area contributed by atoms with Gasteiger partial charge in [-0.25, -0.2) is 0 Å². The molecule has 4 heteroatoms. The van der Waals surface area contributed by atoms with E-state index in [2.05, 4.69) is 12.2 Å². The summed E-state index contributed by atoms with van der Waals surface area (Å²) < 4.78 is 0. The van der Waals surface area contributed by atoms with Crippen molar-refractivity contribution in [1.29, 1.82) is 0 Å². The molecule has 2 unspecified atom stereocenters. The summed E-state index contributed by atoms with van der Waals surface area (Å²) in [5.74, 6) is 0.538. The van der Waals surface area contributed by atoms with E-state index >= 15 is 0 Å². The minimum Gasteiger partial charge on any atom is -0.352 e. The van der Waals surface area contributed by atoms with Gasteiger partial charge in [0, 0.05) is 18.2 Å². The Bertz CT molecular complexity index is 570. The van der Waals surface area contributed by atoms with Gasteiger partial charge in [-0.15, -0.1) is 0 Å². The SMILES string of the molecule is CC1CCCCC1NC(=O)CN1C(=O)CCc2ccccc21. The monoisotopic (exact) mass is 300 g/mol. The van der Waals surface area contributed by atoms with Gasteiger partial charge < -0.3 is 10.2 Å². The van der Waals surface area contributed by atoms with Gasteiger partial charge >= 0.3 is 0 Å². The lowest BCUT2D eigenvalue weighted by molar-refractivity contribution is -0.124. The third-order valence-electron chi connectivity index (χ3n) is 4.95. The molecule has 1 saturated carbocycles. The lowest BCUT2D eigenvalue weighted by Gasteiger charge is -2.32. The number of carbonyl (C=O) groups is 2. The topological polar surface area (TPSA) is 49.4 Å². The highest BCUT2D eigenvalue weighted by Crippen LogP contribution is 2.27. The molecular formula is C18H24N2O2. The lowest BCUT2D eigenvalue weighted by Crippen LogP contribution is -2.48. The highest BCUT2D eigenvalue weighted by atomic mass is 16.2. The second-order valence-corrected chi connectivity index (χ2v) is 6.54. The van der Waals surface area contributed by atoms with Gasteiger partial charge in [-0.2, -0.15) is 0 Å². The minimum absolute atomic E-state index is 0.0381. The Hall–Kier alpha value is -1.84. The molecule has 4 nitrogen and oxygen atoms in total. The van der Waals surface area contributed by atoms with Crippen LogP contribution >= 0.6 is 0 Å². The van der Waals surface area contributed by atoms with E-state index in [0.717, 1.165) is 24.1 Å². The Morgan fingerprint density at radius 1 is 1.23 bits per heavy atom. The third-order valence-corrected chi connectivity index (χ3v) is 4.95. The van der Waals surface area contributed by atoms with Crippen LogP contribution in [0.2, 0.25) is 0 Å². The summed E-state index contributed by atoms with van der Waals surface area (Å²) in [6.45, 7) is 2.34. The highest BCUT2D eigenvalue weighted by Gasteiger charge is 2.28. The predicted octanol–water partition coefficient (Wildman–Crippen LogP) is 2.66.